The number of nitrogens with zero attached hydrogens (tertiary/aromatic N) is 1. The number of ether oxygens (including phenoxy) is 2. The van der Waals surface area contributed by atoms with Crippen molar-refractivity contribution < 1.29 is 23.9 Å². The lowest BCUT2D eigenvalue weighted by Gasteiger charge is -2.43. The molecular formula is C21H27ClN2O5. The molecule has 1 N–H and O–H groups in total. The Kier molecular flexibility index (Phi) is 6.08. The number of amides is 3. The van der Waals surface area contributed by atoms with Crippen LogP contribution in [0.4, 0.5) is 4.79 Å². The van der Waals surface area contributed by atoms with Gasteiger partial charge in [-0.05, 0) is 54.9 Å². The highest BCUT2D eigenvalue weighted by Gasteiger charge is 2.56. The van der Waals surface area contributed by atoms with Crippen LogP contribution in [0.3, 0.4) is 0 Å². The highest BCUT2D eigenvalue weighted by Crippen LogP contribution is 2.46. The van der Waals surface area contributed by atoms with Gasteiger partial charge in [0.1, 0.15) is 31.0 Å². The number of halogens is 1. The third kappa shape index (κ3) is 5.01. The van der Waals surface area contributed by atoms with E-state index in [4.69, 9.17) is 21.1 Å². The van der Waals surface area contributed by atoms with Crippen molar-refractivity contribution in [2.45, 2.75) is 45.6 Å². The van der Waals surface area contributed by atoms with Crippen molar-refractivity contribution in [2.24, 2.45) is 11.3 Å². The molecule has 0 aromatic heterocycles. The quantitative estimate of drug-likeness (QED) is 0.431. The van der Waals surface area contributed by atoms with Gasteiger partial charge in [0, 0.05) is 5.02 Å². The van der Waals surface area contributed by atoms with Crippen LogP contribution in [-0.2, 0) is 14.3 Å². The van der Waals surface area contributed by atoms with E-state index < -0.39 is 24.1 Å². The minimum atomic E-state index is -0.920. The Hall–Kier alpha value is -2.28. The van der Waals surface area contributed by atoms with Crippen molar-refractivity contribution in [1.82, 2.24) is 10.2 Å². The summed E-state index contributed by atoms with van der Waals surface area (Å²) in [5.74, 6) is -0.0692. The first-order chi connectivity index (χ1) is 13.6. The summed E-state index contributed by atoms with van der Waals surface area (Å²) in [5.41, 5.74) is -0.980. The van der Waals surface area contributed by atoms with Gasteiger partial charge in [-0.3, -0.25) is 14.5 Å². The standard InChI is InChI=1S/C21H27ClN2O5/c1-14-10-20(2,3)13-21(11-14)18(26)24(19(27)23-21)12-17(25)29-9-8-28-16-6-4-15(22)5-7-16/h4-7,14H,8-13H2,1-3H3,(H,23,27)/t14-,21+/m0/s1. The van der Waals surface area contributed by atoms with E-state index in [1.807, 2.05) is 0 Å². The number of carbonyl (C=O) groups is 3. The van der Waals surface area contributed by atoms with E-state index in [0.29, 0.717) is 29.5 Å². The van der Waals surface area contributed by atoms with E-state index in [9.17, 15) is 14.4 Å². The summed E-state index contributed by atoms with van der Waals surface area (Å²) in [6, 6.07) is 6.29. The second-order valence-electron chi connectivity index (χ2n) is 8.78. The monoisotopic (exact) mass is 422 g/mol. The van der Waals surface area contributed by atoms with E-state index in [1.54, 1.807) is 24.3 Å². The average molecular weight is 423 g/mol. The highest BCUT2D eigenvalue weighted by molar-refractivity contribution is 6.30. The molecule has 2 aliphatic rings. The predicted molar refractivity (Wildman–Crippen MR) is 108 cm³/mol. The molecule has 0 bridgehead atoms. The molecule has 1 heterocycles. The maximum atomic E-state index is 13.0. The van der Waals surface area contributed by atoms with Crippen molar-refractivity contribution in [2.75, 3.05) is 19.8 Å². The Bertz CT molecular complexity index is 795. The number of esters is 1. The molecule has 29 heavy (non-hydrogen) atoms. The van der Waals surface area contributed by atoms with Crippen LogP contribution >= 0.6 is 11.6 Å². The fraction of sp³-hybridized carbons (Fsp3) is 0.571. The van der Waals surface area contributed by atoms with E-state index in [0.717, 1.165) is 11.3 Å². The molecule has 2 fully saturated rings. The summed E-state index contributed by atoms with van der Waals surface area (Å²) in [6.07, 6.45) is 2.14. The van der Waals surface area contributed by atoms with Gasteiger partial charge in [-0.1, -0.05) is 32.4 Å². The molecule has 1 saturated heterocycles. The predicted octanol–water partition coefficient (Wildman–Crippen LogP) is 3.40. The Morgan fingerprint density at radius 2 is 1.90 bits per heavy atom. The van der Waals surface area contributed by atoms with E-state index in [1.165, 1.54) is 0 Å². The first kappa shape index (κ1) is 21.4. The van der Waals surface area contributed by atoms with Crippen molar-refractivity contribution in [1.29, 1.82) is 0 Å². The van der Waals surface area contributed by atoms with Gasteiger partial charge in [-0.15, -0.1) is 0 Å². The van der Waals surface area contributed by atoms with Crippen LogP contribution in [0.1, 0.15) is 40.0 Å². The fourth-order valence-corrected chi connectivity index (χ4v) is 4.80. The third-order valence-corrected chi connectivity index (χ3v) is 5.59. The van der Waals surface area contributed by atoms with Crippen molar-refractivity contribution in [3.63, 3.8) is 0 Å². The molecule has 7 nitrogen and oxygen atoms in total. The van der Waals surface area contributed by atoms with E-state index in [-0.39, 0.29) is 24.5 Å². The number of urea groups is 1. The number of imide groups is 1. The molecule has 1 aromatic carbocycles. The normalized spacial score (nSPS) is 25.8. The molecule has 158 valence electrons. The molecule has 1 aliphatic carbocycles. The van der Waals surface area contributed by atoms with Crippen molar-refractivity contribution >= 4 is 29.5 Å². The zero-order chi connectivity index (χ0) is 21.2. The topological polar surface area (TPSA) is 84.9 Å². The molecule has 1 aliphatic heterocycles. The van der Waals surface area contributed by atoms with Crippen LogP contribution in [0.25, 0.3) is 0 Å². The number of rotatable bonds is 6. The van der Waals surface area contributed by atoms with Crippen LogP contribution in [0.15, 0.2) is 24.3 Å². The fourth-order valence-electron chi connectivity index (χ4n) is 4.67. The smallest absolute Gasteiger partial charge is 0.326 e. The lowest BCUT2D eigenvalue weighted by Crippen LogP contribution is -2.54. The maximum Gasteiger partial charge on any atom is 0.326 e. The SMILES string of the molecule is C[C@H]1CC(C)(C)C[C@@]2(C1)NC(=O)N(CC(=O)OCCOc1ccc(Cl)cc1)C2=O. The summed E-state index contributed by atoms with van der Waals surface area (Å²) < 4.78 is 10.6. The van der Waals surface area contributed by atoms with Crippen LogP contribution in [0.5, 0.6) is 5.75 Å². The molecule has 3 rings (SSSR count). The summed E-state index contributed by atoms with van der Waals surface area (Å²) in [6.45, 7) is 6.05. The molecule has 1 spiro atoms. The average Bonchev–Trinajstić information content (AvgIpc) is 2.82. The maximum absolute atomic E-state index is 13.0. The van der Waals surface area contributed by atoms with Gasteiger partial charge in [0.2, 0.25) is 0 Å². The van der Waals surface area contributed by atoms with Crippen molar-refractivity contribution in [3.8, 4) is 5.75 Å². The van der Waals surface area contributed by atoms with Gasteiger partial charge in [0.25, 0.3) is 5.91 Å². The molecule has 8 heteroatoms. The molecule has 0 radical (unpaired) electrons. The lowest BCUT2D eigenvalue weighted by molar-refractivity contribution is -0.149. The summed E-state index contributed by atoms with van der Waals surface area (Å²) in [4.78, 5) is 38.5. The number of benzene rings is 1. The van der Waals surface area contributed by atoms with Crippen LogP contribution in [0.2, 0.25) is 5.02 Å². The molecule has 1 saturated carbocycles. The Labute approximate surface area is 175 Å². The first-order valence-corrected chi connectivity index (χ1v) is 10.2. The van der Waals surface area contributed by atoms with E-state index in [2.05, 4.69) is 26.1 Å². The summed E-state index contributed by atoms with van der Waals surface area (Å²) in [5, 5.41) is 3.45. The first-order valence-electron chi connectivity index (χ1n) is 9.78. The number of nitrogens with one attached hydrogen (secondary N) is 1. The molecular weight excluding hydrogens is 396 g/mol. The second-order valence-corrected chi connectivity index (χ2v) is 9.22. The van der Waals surface area contributed by atoms with Gasteiger partial charge in [-0.25, -0.2) is 4.79 Å². The Morgan fingerprint density at radius 3 is 2.55 bits per heavy atom. The second kappa shape index (κ2) is 8.22. The van der Waals surface area contributed by atoms with Crippen molar-refractivity contribution in [3.05, 3.63) is 29.3 Å². The minimum absolute atomic E-state index is 0.0142. The van der Waals surface area contributed by atoms with Gasteiger partial charge < -0.3 is 14.8 Å². The number of hydrogen-bond acceptors (Lipinski definition) is 5. The number of carbonyl (C=O) groups excluding carboxylic acids is 3. The van der Waals surface area contributed by atoms with Gasteiger partial charge in [0.05, 0.1) is 0 Å². The van der Waals surface area contributed by atoms with Gasteiger partial charge in [0.15, 0.2) is 0 Å². The Balaban J connectivity index is 1.50. The number of hydrogen-bond donors (Lipinski definition) is 1. The zero-order valence-corrected chi connectivity index (χ0v) is 17.8. The van der Waals surface area contributed by atoms with Crippen LogP contribution < -0.4 is 10.1 Å². The van der Waals surface area contributed by atoms with Gasteiger partial charge in [-0.2, -0.15) is 0 Å². The minimum Gasteiger partial charge on any atom is -0.490 e. The third-order valence-electron chi connectivity index (χ3n) is 5.34. The largest absolute Gasteiger partial charge is 0.490 e. The van der Waals surface area contributed by atoms with E-state index >= 15 is 0 Å². The zero-order valence-electron chi connectivity index (χ0n) is 17.0. The highest BCUT2D eigenvalue weighted by atomic mass is 35.5. The summed E-state index contributed by atoms with van der Waals surface area (Å²) in [7, 11) is 0. The van der Waals surface area contributed by atoms with Crippen LogP contribution in [-0.4, -0.2) is 48.1 Å². The van der Waals surface area contributed by atoms with Crippen LogP contribution in [0, 0.1) is 11.3 Å². The van der Waals surface area contributed by atoms with Gasteiger partial charge >= 0.3 is 12.0 Å². The molecule has 2 atom stereocenters. The molecule has 0 unspecified atom stereocenters. The summed E-state index contributed by atoms with van der Waals surface area (Å²) >= 11 is 5.81. The molecule has 1 aromatic rings. The lowest BCUT2D eigenvalue weighted by atomic mass is 9.64. The molecule has 3 amide bonds. The Morgan fingerprint density at radius 1 is 1.21 bits per heavy atom.